The van der Waals surface area contributed by atoms with Crippen molar-refractivity contribution in [1.29, 1.82) is 0 Å². The quantitative estimate of drug-likeness (QED) is 0.427. The lowest BCUT2D eigenvalue weighted by atomic mass is 10.2. The van der Waals surface area contributed by atoms with Crippen LogP contribution in [0.3, 0.4) is 0 Å². The van der Waals surface area contributed by atoms with Crippen LogP contribution < -0.4 is 0 Å². The van der Waals surface area contributed by atoms with Crippen molar-refractivity contribution in [2.45, 2.75) is 18.4 Å². The third-order valence-corrected chi connectivity index (χ3v) is 2.18. The van der Waals surface area contributed by atoms with E-state index in [1.807, 2.05) is 0 Å². The molecule has 1 atom stereocenters. The zero-order valence-corrected chi connectivity index (χ0v) is 7.81. The van der Waals surface area contributed by atoms with Gasteiger partial charge in [-0.2, -0.15) is 0 Å². The largest absolute Gasteiger partial charge is 0.394 e. The van der Waals surface area contributed by atoms with Gasteiger partial charge in [0.15, 0.2) is 0 Å². The minimum atomic E-state index is -2.97. The van der Waals surface area contributed by atoms with Crippen molar-refractivity contribution in [3.63, 3.8) is 0 Å². The van der Waals surface area contributed by atoms with Gasteiger partial charge in [-0.3, -0.25) is 4.79 Å². The summed E-state index contributed by atoms with van der Waals surface area (Å²) in [5.74, 6) is -3.66. The first kappa shape index (κ1) is 11.7. The molecule has 0 saturated carbocycles. The number of carbonyl (C=O) groups is 1. The Balaban J connectivity index is 2.67. The van der Waals surface area contributed by atoms with Gasteiger partial charge in [0, 0.05) is 11.3 Å². The van der Waals surface area contributed by atoms with E-state index in [1.54, 1.807) is 0 Å². The number of hydrogen-bond acceptors (Lipinski definition) is 3. The van der Waals surface area contributed by atoms with Gasteiger partial charge in [0.1, 0.15) is 6.54 Å². The Bertz CT molecular complexity index is 303. The van der Waals surface area contributed by atoms with E-state index in [4.69, 9.17) is 10.6 Å². The number of hydrogen-bond donors (Lipinski definition) is 1. The minimum absolute atomic E-state index is 0.497. The molecule has 1 fully saturated rings. The fraction of sp³-hybridized carbons (Fsp3) is 0.857. The number of halogens is 2. The predicted molar refractivity (Wildman–Crippen MR) is 46.2 cm³/mol. The molecule has 1 aliphatic heterocycles. The van der Waals surface area contributed by atoms with Crippen LogP contribution in [0.5, 0.6) is 0 Å². The smallest absolute Gasteiger partial charge is 0.267 e. The highest BCUT2D eigenvalue weighted by Crippen LogP contribution is 2.31. The van der Waals surface area contributed by atoms with E-state index in [0.29, 0.717) is 0 Å². The first-order valence-electron chi connectivity index (χ1n) is 4.29. The number of amides is 1. The molecule has 0 aromatic heterocycles. The maximum absolute atomic E-state index is 12.9. The third-order valence-electron chi connectivity index (χ3n) is 2.18. The van der Waals surface area contributed by atoms with Crippen LogP contribution in [0, 0.1) is 0 Å². The summed E-state index contributed by atoms with van der Waals surface area (Å²) >= 11 is 0. The maximum Gasteiger partial charge on any atom is 0.267 e. The molecule has 1 rings (SSSR count). The lowest BCUT2D eigenvalue weighted by Crippen LogP contribution is -2.39. The minimum Gasteiger partial charge on any atom is -0.394 e. The molecule has 0 radical (unpaired) electrons. The average Bonchev–Trinajstić information content (AvgIpc) is 2.50. The van der Waals surface area contributed by atoms with Gasteiger partial charge in [-0.25, -0.2) is 8.78 Å². The van der Waals surface area contributed by atoms with Gasteiger partial charge in [-0.15, -0.1) is 0 Å². The van der Waals surface area contributed by atoms with Crippen molar-refractivity contribution in [2.75, 3.05) is 19.7 Å². The average molecular weight is 220 g/mol. The van der Waals surface area contributed by atoms with E-state index >= 15 is 0 Å². The molecule has 1 N–H and O–H groups in total. The Morgan fingerprint density at radius 2 is 2.40 bits per heavy atom. The van der Waals surface area contributed by atoms with Crippen LogP contribution in [0.15, 0.2) is 5.11 Å². The second-order valence-corrected chi connectivity index (χ2v) is 3.31. The van der Waals surface area contributed by atoms with Gasteiger partial charge in [0.2, 0.25) is 5.91 Å². The highest BCUT2D eigenvalue weighted by Gasteiger charge is 2.46. The lowest BCUT2D eigenvalue weighted by molar-refractivity contribution is -0.132. The van der Waals surface area contributed by atoms with Crippen LogP contribution in [0.25, 0.3) is 10.4 Å². The Kier molecular flexibility index (Phi) is 3.43. The second-order valence-electron chi connectivity index (χ2n) is 3.31. The second kappa shape index (κ2) is 4.41. The van der Waals surface area contributed by atoms with E-state index < -0.39 is 44.0 Å². The number of nitrogens with zero attached hydrogens (tertiary/aromatic N) is 4. The molecule has 1 saturated heterocycles. The highest BCUT2D eigenvalue weighted by atomic mass is 19.3. The fourth-order valence-electron chi connectivity index (χ4n) is 1.54. The van der Waals surface area contributed by atoms with Crippen LogP contribution in [0.2, 0.25) is 0 Å². The number of likely N-dealkylation sites (tertiary alicyclic amines) is 1. The van der Waals surface area contributed by atoms with E-state index in [1.165, 1.54) is 0 Å². The molecular weight excluding hydrogens is 210 g/mol. The summed E-state index contributed by atoms with van der Waals surface area (Å²) in [6.07, 6.45) is -0.550. The third kappa shape index (κ3) is 2.77. The molecule has 8 heteroatoms. The Morgan fingerprint density at radius 1 is 1.73 bits per heavy atom. The molecule has 0 aliphatic carbocycles. The topological polar surface area (TPSA) is 89.3 Å². The highest BCUT2D eigenvalue weighted by molar-refractivity contribution is 5.79. The zero-order chi connectivity index (χ0) is 11.5. The monoisotopic (exact) mass is 220 g/mol. The molecule has 1 aliphatic rings. The van der Waals surface area contributed by atoms with Crippen molar-refractivity contribution in [1.82, 2.24) is 4.90 Å². The van der Waals surface area contributed by atoms with Gasteiger partial charge < -0.3 is 10.0 Å². The fourth-order valence-corrected chi connectivity index (χ4v) is 1.54. The summed E-state index contributed by atoms with van der Waals surface area (Å²) < 4.78 is 25.8. The number of rotatable bonds is 3. The van der Waals surface area contributed by atoms with Crippen molar-refractivity contribution in [3.8, 4) is 0 Å². The van der Waals surface area contributed by atoms with Crippen LogP contribution in [-0.2, 0) is 4.79 Å². The van der Waals surface area contributed by atoms with Crippen molar-refractivity contribution in [2.24, 2.45) is 5.11 Å². The first-order valence-corrected chi connectivity index (χ1v) is 4.29. The summed E-state index contributed by atoms with van der Waals surface area (Å²) in [7, 11) is 0. The Labute approximate surface area is 84.1 Å². The number of carbonyl (C=O) groups excluding carboxylic acids is 1. The summed E-state index contributed by atoms with van der Waals surface area (Å²) in [4.78, 5) is 14.5. The molecular formula is C7H10F2N4O2. The van der Waals surface area contributed by atoms with E-state index in [0.717, 1.165) is 4.90 Å². The molecule has 0 aromatic carbocycles. The number of aliphatic hydroxyl groups excluding tert-OH is 1. The maximum atomic E-state index is 12.9. The van der Waals surface area contributed by atoms with Crippen molar-refractivity contribution >= 4 is 5.91 Å². The molecule has 0 spiro atoms. The van der Waals surface area contributed by atoms with E-state index in [-0.39, 0.29) is 0 Å². The zero-order valence-electron chi connectivity index (χ0n) is 7.81. The molecule has 1 unspecified atom stereocenters. The Hall–Kier alpha value is -1.40. The number of aliphatic hydroxyl groups is 1. The van der Waals surface area contributed by atoms with E-state index in [9.17, 15) is 13.6 Å². The molecule has 6 nitrogen and oxygen atoms in total. The summed E-state index contributed by atoms with van der Waals surface area (Å²) in [5.41, 5.74) is 7.97. The van der Waals surface area contributed by atoms with Gasteiger partial charge in [-0.05, 0) is 5.53 Å². The molecule has 1 amide bonds. The molecule has 0 bridgehead atoms. The standard InChI is InChI=1S/C7H10F2N4O2/c8-7(9)1-5(3-14)13(4-7)6(15)2-11-12-10/h5,14H,1-4H2. The Morgan fingerprint density at radius 3 is 2.93 bits per heavy atom. The van der Waals surface area contributed by atoms with Gasteiger partial charge >= 0.3 is 0 Å². The SMILES string of the molecule is [N-]=[N+]=NCC(=O)N1CC(F)(F)CC1CO. The van der Waals surface area contributed by atoms with Gasteiger partial charge in [-0.1, -0.05) is 5.11 Å². The van der Waals surface area contributed by atoms with Crippen LogP contribution in [0.1, 0.15) is 6.42 Å². The van der Waals surface area contributed by atoms with Crippen LogP contribution in [-0.4, -0.2) is 47.6 Å². The normalized spacial score (nSPS) is 23.7. The summed E-state index contributed by atoms with van der Waals surface area (Å²) in [6.45, 7) is -1.74. The van der Waals surface area contributed by atoms with Crippen molar-refractivity contribution in [3.05, 3.63) is 10.4 Å². The molecule has 15 heavy (non-hydrogen) atoms. The molecule has 0 aromatic rings. The summed E-state index contributed by atoms with van der Waals surface area (Å²) in [5, 5.41) is 11.8. The van der Waals surface area contributed by atoms with Gasteiger partial charge in [0.25, 0.3) is 5.92 Å². The molecule has 84 valence electrons. The first-order chi connectivity index (χ1) is 7.00. The van der Waals surface area contributed by atoms with Crippen LogP contribution >= 0.6 is 0 Å². The number of azide groups is 1. The van der Waals surface area contributed by atoms with Crippen LogP contribution in [0.4, 0.5) is 8.78 Å². The van der Waals surface area contributed by atoms with Gasteiger partial charge in [0.05, 0.1) is 19.2 Å². The molecule has 1 heterocycles. The lowest BCUT2D eigenvalue weighted by Gasteiger charge is -2.21. The summed E-state index contributed by atoms with van der Waals surface area (Å²) in [6, 6.07) is -0.888. The van der Waals surface area contributed by atoms with Crippen molar-refractivity contribution < 1.29 is 18.7 Å². The van der Waals surface area contributed by atoms with E-state index in [2.05, 4.69) is 10.0 Å². The number of alkyl halides is 2. The predicted octanol–water partition coefficient (Wildman–Crippen LogP) is 0.525.